The van der Waals surface area contributed by atoms with Crippen LogP contribution < -0.4 is 5.32 Å². The molecule has 1 N–H and O–H groups in total. The Kier molecular flexibility index (Phi) is 4.80. The molecule has 1 amide bonds. The van der Waals surface area contributed by atoms with E-state index in [1.165, 1.54) is 18.6 Å². The van der Waals surface area contributed by atoms with E-state index in [0.29, 0.717) is 5.69 Å². The van der Waals surface area contributed by atoms with Crippen LogP contribution in [0.3, 0.4) is 0 Å². The molecule has 130 valence electrons. The van der Waals surface area contributed by atoms with Gasteiger partial charge in [0.2, 0.25) is 15.9 Å². The molecule has 0 saturated heterocycles. The minimum Gasteiger partial charge on any atom is -0.325 e. The number of likely N-dealkylation sites (N-methyl/N-ethyl adjacent to an activating group) is 1. The highest BCUT2D eigenvalue weighted by atomic mass is 32.2. The number of carbonyl (C=O) groups is 1. The Balaban J connectivity index is 1.69. The fraction of sp³-hybridized carbons (Fsp3) is 0.125. The Morgan fingerprint density at radius 3 is 2.68 bits per heavy atom. The zero-order chi connectivity index (χ0) is 18.0. The molecule has 0 bridgehead atoms. The first-order valence-corrected chi connectivity index (χ1v) is 9.44. The molecule has 1 aromatic heterocycles. The number of nitrogens with zero attached hydrogens (tertiary/aromatic N) is 2. The van der Waals surface area contributed by atoms with E-state index < -0.39 is 21.7 Å². The van der Waals surface area contributed by atoms with Gasteiger partial charge in [0.05, 0.1) is 16.1 Å². The number of amides is 1. The first-order chi connectivity index (χ1) is 11.9. The highest BCUT2D eigenvalue weighted by molar-refractivity contribution is 7.89. The van der Waals surface area contributed by atoms with Crippen LogP contribution in [0.2, 0.25) is 0 Å². The van der Waals surface area contributed by atoms with E-state index >= 15 is 0 Å². The normalized spacial score (nSPS) is 11.8. The lowest BCUT2D eigenvalue weighted by atomic mass is 10.2. The zero-order valence-corrected chi connectivity index (χ0v) is 14.8. The van der Waals surface area contributed by atoms with Crippen LogP contribution in [-0.2, 0) is 14.8 Å². The number of nitrogens with one attached hydrogen (secondary N) is 1. The molecule has 0 aliphatic rings. The van der Waals surface area contributed by atoms with Crippen molar-refractivity contribution in [1.82, 2.24) is 8.68 Å². The molecule has 9 heteroatoms. The topological polar surface area (TPSA) is 79.4 Å². The number of hydrogen-bond donors (Lipinski definition) is 1. The lowest BCUT2D eigenvalue weighted by molar-refractivity contribution is -0.116. The molecule has 1 heterocycles. The van der Waals surface area contributed by atoms with Crippen molar-refractivity contribution in [3.63, 3.8) is 0 Å². The minimum atomic E-state index is -3.87. The summed E-state index contributed by atoms with van der Waals surface area (Å²) in [6.45, 7) is -0.361. The third-order valence-corrected chi connectivity index (χ3v) is 6.12. The first kappa shape index (κ1) is 17.5. The van der Waals surface area contributed by atoms with Crippen LogP contribution in [-0.4, -0.2) is 36.6 Å². The van der Waals surface area contributed by atoms with Gasteiger partial charge < -0.3 is 5.32 Å². The van der Waals surface area contributed by atoms with Gasteiger partial charge in [-0.1, -0.05) is 0 Å². The van der Waals surface area contributed by atoms with E-state index in [4.69, 9.17) is 0 Å². The highest BCUT2D eigenvalue weighted by Gasteiger charge is 2.23. The second-order valence-corrected chi connectivity index (χ2v) is 8.22. The van der Waals surface area contributed by atoms with Crippen LogP contribution in [0.15, 0.2) is 53.6 Å². The lowest BCUT2D eigenvalue weighted by Crippen LogP contribution is -2.34. The zero-order valence-electron chi connectivity index (χ0n) is 13.1. The SMILES string of the molecule is CN(CC(=O)Nc1ccc2sncc2c1)S(=O)(=O)c1ccc(F)cc1. The molecule has 0 saturated carbocycles. The minimum absolute atomic E-state index is 0.0741. The average Bonchev–Trinajstić information content (AvgIpc) is 3.02. The number of rotatable bonds is 5. The number of hydrogen-bond acceptors (Lipinski definition) is 5. The maximum absolute atomic E-state index is 12.9. The van der Waals surface area contributed by atoms with Gasteiger partial charge in [0, 0.05) is 24.3 Å². The summed E-state index contributed by atoms with van der Waals surface area (Å²) in [5.74, 6) is -1.01. The summed E-state index contributed by atoms with van der Waals surface area (Å²) in [6, 6.07) is 9.78. The van der Waals surface area contributed by atoms with Crippen LogP contribution in [0.1, 0.15) is 0 Å². The standard InChI is InChI=1S/C16H14FN3O3S2/c1-20(25(22,23)14-5-2-12(17)3-6-14)10-16(21)19-13-4-7-15-11(8-13)9-18-24-15/h2-9H,10H2,1H3,(H,19,21). The van der Waals surface area contributed by atoms with E-state index in [0.717, 1.165) is 38.7 Å². The second kappa shape index (κ2) is 6.87. The average molecular weight is 379 g/mol. The van der Waals surface area contributed by atoms with E-state index in [2.05, 4.69) is 9.69 Å². The Bertz CT molecular complexity index is 1020. The fourth-order valence-electron chi connectivity index (χ4n) is 2.22. The first-order valence-electron chi connectivity index (χ1n) is 7.22. The molecule has 0 aliphatic heterocycles. The number of aromatic nitrogens is 1. The van der Waals surface area contributed by atoms with E-state index in [9.17, 15) is 17.6 Å². The predicted molar refractivity (Wildman–Crippen MR) is 94.5 cm³/mol. The van der Waals surface area contributed by atoms with Gasteiger partial charge in [-0.15, -0.1) is 0 Å². The molecule has 0 unspecified atom stereocenters. The molecular formula is C16H14FN3O3S2. The van der Waals surface area contributed by atoms with Crippen molar-refractivity contribution >= 4 is 43.2 Å². The summed E-state index contributed by atoms with van der Waals surface area (Å²) in [5.41, 5.74) is 0.560. The fourth-order valence-corrected chi connectivity index (χ4v) is 3.98. The van der Waals surface area contributed by atoms with Gasteiger partial charge >= 0.3 is 0 Å². The highest BCUT2D eigenvalue weighted by Crippen LogP contribution is 2.22. The van der Waals surface area contributed by atoms with E-state index in [1.54, 1.807) is 18.3 Å². The van der Waals surface area contributed by atoms with Gasteiger partial charge in [0.15, 0.2) is 0 Å². The Morgan fingerprint density at radius 1 is 1.24 bits per heavy atom. The van der Waals surface area contributed by atoms with Crippen LogP contribution in [0.4, 0.5) is 10.1 Å². The predicted octanol–water partition coefficient (Wildman–Crippen LogP) is 2.69. The third kappa shape index (κ3) is 3.84. The lowest BCUT2D eigenvalue weighted by Gasteiger charge is -2.17. The van der Waals surface area contributed by atoms with Gasteiger partial charge in [-0.2, -0.15) is 8.68 Å². The van der Waals surface area contributed by atoms with Gasteiger partial charge in [0.25, 0.3) is 0 Å². The molecule has 25 heavy (non-hydrogen) atoms. The van der Waals surface area contributed by atoms with Crippen molar-refractivity contribution in [2.24, 2.45) is 0 Å². The van der Waals surface area contributed by atoms with Gasteiger partial charge in [0.1, 0.15) is 5.82 Å². The molecule has 0 radical (unpaired) electrons. The molecule has 2 aromatic carbocycles. The molecule has 0 aliphatic carbocycles. The maximum Gasteiger partial charge on any atom is 0.243 e. The third-order valence-electron chi connectivity index (χ3n) is 3.52. The molecular weight excluding hydrogens is 365 g/mol. The van der Waals surface area contributed by atoms with Crippen LogP contribution in [0.25, 0.3) is 10.1 Å². The molecule has 3 rings (SSSR count). The maximum atomic E-state index is 12.9. The summed E-state index contributed by atoms with van der Waals surface area (Å²) in [5, 5.41) is 3.56. The number of carbonyl (C=O) groups excluding carboxylic acids is 1. The Labute approximate surface area is 148 Å². The van der Waals surface area contributed by atoms with Crippen molar-refractivity contribution in [2.45, 2.75) is 4.90 Å². The van der Waals surface area contributed by atoms with Crippen molar-refractivity contribution in [1.29, 1.82) is 0 Å². The summed E-state index contributed by atoms with van der Waals surface area (Å²) >= 11 is 1.35. The summed E-state index contributed by atoms with van der Waals surface area (Å²) in [4.78, 5) is 12.1. The van der Waals surface area contributed by atoms with Crippen molar-refractivity contribution in [3.05, 3.63) is 54.5 Å². The summed E-state index contributed by atoms with van der Waals surface area (Å²) in [6.07, 6.45) is 1.70. The van der Waals surface area contributed by atoms with E-state index in [1.807, 2.05) is 6.07 Å². The van der Waals surface area contributed by atoms with Gasteiger partial charge in [-0.25, -0.2) is 12.8 Å². The van der Waals surface area contributed by atoms with Crippen LogP contribution in [0, 0.1) is 5.82 Å². The van der Waals surface area contributed by atoms with Gasteiger partial charge in [-0.3, -0.25) is 4.79 Å². The molecule has 0 fully saturated rings. The quantitative estimate of drug-likeness (QED) is 0.739. The molecule has 0 spiro atoms. The number of anilines is 1. The molecule has 6 nitrogen and oxygen atoms in total. The van der Waals surface area contributed by atoms with Crippen molar-refractivity contribution < 1.29 is 17.6 Å². The number of halogens is 1. The van der Waals surface area contributed by atoms with Crippen LogP contribution >= 0.6 is 11.5 Å². The van der Waals surface area contributed by atoms with Gasteiger partial charge in [-0.05, 0) is 54.0 Å². The van der Waals surface area contributed by atoms with Crippen LogP contribution in [0.5, 0.6) is 0 Å². The van der Waals surface area contributed by atoms with Crippen molar-refractivity contribution in [3.8, 4) is 0 Å². The summed E-state index contributed by atoms with van der Waals surface area (Å²) < 4.78 is 43.7. The largest absolute Gasteiger partial charge is 0.325 e. The number of fused-ring (bicyclic) bond motifs is 1. The monoisotopic (exact) mass is 379 g/mol. The second-order valence-electron chi connectivity index (χ2n) is 5.34. The Morgan fingerprint density at radius 2 is 1.96 bits per heavy atom. The Hall–Kier alpha value is -2.36. The molecule has 3 aromatic rings. The number of sulfonamides is 1. The smallest absolute Gasteiger partial charge is 0.243 e. The summed E-state index contributed by atoms with van der Waals surface area (Å²) in [7, 11) is -2.58. The molecule has 0 atom stereocenters. The van der Waals surface area contributed by atoms with Crippen molar-refractivity contribution in [2.75, 3.05) is 18.9 Å². The number of benzene rings is 2. The van der Waals surface area contributed by atoms with E-state index in [-0.39, 0.29) is 11.4 Å².